The van der Waals surface area contributed by atoms with E-state index in [2.05, 4.69) is 10.3 Å². The molecule has 2 aromatic heterocycles. The number of H-pyrrole nitrogens is 1. The molecule has 2 aliphatic heterocycles. The van der Waals surface area contributed by atoms with Gasteiger partial charge in [0.05, 0.1) is 33.8 Å². The van der Waals surface area contributed by atoms with E-state index in [0.717, 1.165) is 10.9 Å². The summed E-state index contributed by atoms with van der Waals surface area (Å²) in [5.74, 6) is -0.946. The lowest BCUT2D eigenvalue weighted by atomic mass is 9.96. The van der Waals surface area contributed by atoms with Crippen molar-refractivity contribution in [2.24, 2.45) is 0 Å². The summed E-state index contributed by atoms with van der Waals surface area (Å²) in [4.78, 5) is 29.6. The number of imide groups is 1. The maximum Gasteiger partial charge on any atom is 0.259 e. The number of aromatic amines is 1. The van der Waals surface area contributed by atoms with Gasteiger partial charge in [0, 0.05) is 27.1 Å². The standard InChI is InChI=1S/C26H21N3O6/c1-10-21(30)22(31)23(32)26(35-10)29-14-9-5-3-7-12(14)16-18-17(24(33)28-25(18)34)15-11-6-2-4-8-13(11)27-19(15)20(16)29/h2-10,21-23,26-27,30-32H,1H3,(H,28,33,34)/t10-,21-,22+,23+,26?/m0/s1. The number of aromatic nitrogens is 2. The van der Waals surface area contributed by atoms with E-state index in [0.29, 0.717) is 38.3 Å². The van der Waals surface area contributed by atoms with Crippen molar-refractivity contribution in [3.05, 3.63) is 59.7 Å². The molecule has 5 aromatic rings. The van der Waals surface area contributed by atoms with Gasteiger partial charge in [-0.1, -0.05) is 36.4 Å². The van der Waals surface area contributed by atoms with Crippen molar-refractivity contribution in [3.8, 4) is 0 Å². The first-order valence-corrected chi connectivity index (χ1v) is 11.4. The number of carbonyl (C=O) groups excluding carboxylic acids is 2. The van der Waals surface area contributed by atoms with E-state index >= 15 is 0 Å². The van der Waals surface area contributed by atoms with Crippen LogP contribution in [0.5, 0.6) is 0 Å². The Morgan fingerprint density at radius 2 is 1.49 bits per heavy atom. The monoisotopic (exact) mass is 471 g/mol. The molecule has 2 aliphatic rings. The second kappa shape index (κ2) is 6.89. The Morgan fingerprint density at radius 1 is 0.829 bits per heavy atom. The number of ether oxygens (including phenoxy) is 1. The molecule has 3 aromatic carbocycles. The van der Waals surface area contributed by atoms with Gasteiger partial charge in [0.15, 0.2) is 6.23 Å². The lowest BCUT2D eigenvalue weighted by Crippen LogP contribution is -2.54. The van der Waals surface area contributed by atoms with E-state index in [1.54, 1.807) is 11.5 Å². The molecule has 1 saturated heterocycles. The maximum absolute atomic E-state index is 13.1. The van der Waals surface area contributed by atoms with E-state index < -0.39 is 42.5 Å². The fourth-order valence-corrected chi connectivity index (χ4v) is 5.78. The summed E-state index contributed by atoms with van der Waals surface area (Å²) in [6.45, 7) is 1.63. The highest BCUT2D eigenvalue weighted by atomic mass is 16.5. The average molecular weight is 471 g/mol. The quantitative estimate of drug-likeness (QED) is 0.238. The van der Waals surface area contributed by atoms with Gasteiger partial charge in [-0.25, -0.2) is 0 Å². The largest absolute Gasteiger partial charge is 0.388 e. The molecule has 0 saturated carbocycles. The van der Waals surface area contributed by atoms with E-state index in [-0.39, 0.29) is 5.56 Å². The van der Waals surface area contributed by atoms with Crippen molar-refractivity contribution in [3.63, 3.8) is 0 Å². The van der Waals surface area contributed by atoms with Crippen LogP contribution in [0.2, 0.25) is 0 Å². The molecule has 9 nitrogen and oxygen atoms in total. The number of amides is 2. The predicted octanol–water partition coefficient (Wildman–Crippen LogP) is 2.31. The Morgan fingerprint density at radius 3 is 2.26 bits per heavy atom. The number of nitrogens with zero attached hydrogens (tertiary/aromatic N) is 1. The highest BCUT2D eigenvalue weighted by Crippen LogP contribution is 2.45. The third-order valence-corrected chi connectivity index (χ3v) is 7.37. The minimum atomic E-state index is -1.44. The van der Waals surface area contributed by atoms with Crippen LogP contribution in [-0.2, 0) is 4.74 Å². The number of rotatable bonds is 1. The number of fused-ring (bicyclic) bond motifs is 10. The van der Waals surface area contributed by atoms with Gasteiger partial charge in [-0.2, -0.15) is 0 Å². The number of nitrogens with one attached hydrogen (secondary N) is 2. The third kappa shape index (κ3) is 2.50. The fourth-order valence-electron chi connectivity index (χ4n) is 5.78. The minimum absolute atomic E-state index is 0.274. The normalized spacial score (nSPS) is 26.8. The van der Waals surface area contributed by atoms with E-state index in [1.165, 1.54) is 0 Å². The number of aliphatic hydroxyl groups is 3. The molecule has 9 heteroatoms. The summed E-state index contributed by atoms with van der Waals surface area (Å²) in [5, 5.41) is 37.0. The summed E-state index contributed by atoms with van der Waals surface area (Å²) in [5.41, 5.74) is 3.21. The van der Waals surface area contributed by atoms with Crippen LogP contribution in [0, 0.1) is 0 Å². The van der Waals surface area contributed by atoms with E-state index in [4.69, 9.17) is 4.74 Å². The van der Waals surface area contributed by atoms with Gasteiger partial charge < -0.3 is 29.6 Å². The summed E-state index contributed by atoms with van der Waals surface area (Å²) < 4.78 is 7.81. The van der Waals surface area contributed by atoms with Crippen LogP contribution in [0.4, 0.5) is 0 Å². The van der Waals surface area contributed by atoms with Gasteiger partial charge in [-0.05, 0) is 19.1 Å². The Bertz CT molecular complexity index is 1730. The first-order chi connectivity index (χ1) is 16.9. The molecule has 7 rings (SSSR count). The second-order valence-electron chi connectivity index (χ2n) is 9.27. The van der Waals surface area contributed by atoms with Crippen molar-refractivity contribution in [1.82, 2.24) is 14.9 Å². The van der Waals surface area contributed by atoms with Crippen LogP contribution in [0.15, 0.2) is 48.5 Å². The third-order valence-electron chi connectivity index (χ3n) is 7.37. The highest BCUT2D eigenvalue weighted by Gasteiger charge is 2.44. The molecule has 5 atom stereocenters. The van der Waals surface area contributed by atoms with Crippen molar-refractivity contribution in [2.75, 3.05) is 0 Å². The first-order valence-electron chi connectivity index (χ1n) is 11.4. The maximum atomic E-state index is 13.1. The van der Waals surface area contributed by atoms with Crippen LogP contribution < -0.4 is 5.32 Å². The molecule has 0 spiro atoms. The molecule has 35 heavy (non-hydrogen) atoms. The average Bonchev–Trinajstić information content (AvgIpc) is 3.49. The number of carbonyl (C=O) groups is 2. The van der Waals surface area contributed by atoms with Crippen LogP contribution >= 0.6 is 0 Å². The number of hydrogen-bond acceptors (Lipinski definition) is 6. The number of para-hydroxylation sites is 2. The van der Waals surface area contributed by atoms with Crippen LogP contribution in [-0.4, -0.2) is 61.1 Å². The summed E-state index contributed by atoms with van der Waals surface area (Å²) >= 11 is 0. The van der Waals surface area contributed by atoms with Crippen molar-refractivity contribution >= 4 is 55.4 Å². The zero-order valence-electron chi connectivity index (χ0n) is 18.5. The topological polar surface area (TPSA) is 137 Å². The van der Waals surface area contributed by atoms with E-state index in [1.807, 2.05) is 48.5 Å². The van der Waals surface area contributed by atoms with E-state index in [9.17, 15) is 24.9 Å². The highest BCUT2D eigenvalue weighted by molar-refractivity contribution is 6.39. The lowest BCUT2D eigenvalue weighted by Gasteiger charge is -2.40. The van der Waals surface area contributed by atoms with Crippen LogP contribution in [0.1, 0.15) is 33.9 Å². The summed E-state index contributed by atoms with van der Waals surface area (Å²) in [7, 11) is 0. The Kier molecular flexibility index (Phi) is 4.06. The molecule has 1 unspecified atom stereocenters. The second-order valence-corrected chi connectivity index (χ2v) is 9.27. The summed E-state index contributed by atoms with van der Waals surface area (Å²) in [6.07, 6.45) is -5.94. The van der Waals surface area contributed by atoms with Crippen molar-refractivity contribution in [2.45, 2.75) is 37.6 Å². The number of hydrogen-bond donors (Lipinski definition) is 5. The smallest absolute Gasteiger partial charge is 0.259 e. The molecule has 0 aliphatic carbocycles. The first kappa shape index (κ1) is 20.6. The molecule has 0 radical (unpaired) electrons. The van der Waals surface area contributed by atoms with Gasteiger partial charge in [0.25, 0.3) is 11.8 Å². The van der Waals surface area contributed by atoms with Crippen molar-refractivity contribution in [1.29, 1.82) is 0 Å². The van der Waals surface area contributed by atoms with Crippen LogP contribution in [0.3, 0.4) is 0 Å². The molecule has 1 fully saturated rings. The minimum Gasteiger partial charge on any atom is -0.388 e. The molecule has 0 bridgehead atoms. The Labute approximate surface area is 197 Å². The molecule has 4 heterocycles. The van der Waals surface area contributed by atoms with Crippen molar-refractivity contribution < 1.29 is 29.6 Å². The van der Waals surface area contributed by atoms with Gasteiger partial charge >= 0.3 is 0 Å². The predicted molar refractivity (Wildman–Crippen MR) is 128 cm³/mol. The Balaban J connectivity index is 1.72. The van der Waals surface area contributed by atoms with Gasteiger partial charge in [-0.3, -0.25) is 14.9 Å². The SMILES string of the molecule is C[C@@H]1OC(n2c3ccccc3c3c4c(c5c6ccccc6[nH]c5c32)C(=O)NC4=O)[C@H](O)[C@H](O)[C@H]1O. The molecule has 5 N–H and O–H groups in total. The molecular formula is C26H21N3O6. The van der Waals surface area contributed by atoms with Gasteiger partial charge in [0.1, 0.15) is 18.3 Å². The summed E-state index contributed by atoms with van der Waals surface area (Å²) in [6, 6.07) is 14.9. The van der Waals surface area contributed by atoms with Gasteiger partial charge in [0.2, 0.25) is 0 Å². The lowest BCUT2D eigenvalue weighted by molar-refractivity contribution is -0.238. The molecule has 176 valence electrons. The zero-order valence-corrected chi connectivity index (χ0v) is 18.5. The Hall–Kier alpha value is -3.76. The zero-order chi connectivity index (χ0) is 24.2. The number of aliphatic hydroxyl groups excluding tert-OH is 3. The molecular weight excluding hydrogens is 450 g/mol. The number of benzene rings is 3. The molecule has 2 amide bonds. The van der Waals surface area contributed by atoms with Gasteiger partial charge in [-0.15, -0.1) is 0 Å². The fraction of sp³-hybridized carbons (Fsp3) is 0.231. The van der Waals surface area contributed by atoms with Crippen LogP contribution in [0.25, 0.3) is 43.6 Å².